The summed E-state index contributed by atoms with van der Waals surface area (Å²) < 4.78 is 11.4. The van der Waals surface area contributed by atoms with E-state index < -0.39 is 0 Å². The van der Waals surface area contributed by atoms with E-state index >= 15 is 0 Å². The van der Waals surface area contributed by atoms with Gasteiger partial charge in [0.1, 0.15) is 0 Å². The molecule has 26 heavy (non-hydrogen) atoms. The maximum atomic E-state index is 6.21. The van der Waals surface area contributed by atoms with Crippen LogP contribution >= 0.6 is 0 Å². The molecular weight excluding hydrogens is 320 g/mol. The van der Waals surface area contributed by atoms with Gasteiger partial charge in [-0.1, -0.05) is 84.0 Å². The Kier molecular flexibility index (Phi) is 10.6. The molecule has 0 aliphatic carbocycles. The van der Waals surface area contributed by atoms with Crippen LogP contribution in [-0.2, 0) is 9.47 Å². The van der Waals surface area contributed by atoms with Gasteiger partial charge in [0, 0.05) is 5.92 Å². The highest BCUT2D eigenvalue weighted by Crippen LogP contribution is 2.44. The van der Waals surface area contributed by atoms with Gasteiger partial charge in [-0.25, -0.2) is 0 Å². The Balaban J connectivity index is 1.42. The van der Waals surface area contributed by atoms with Crippen LogP contribution in [0.1, 0.15) is 117 Å². The average molecular weight is 366 g/mol. The summed E-state index contributed by atoms with van der Waals surface area (Å²) in [7, 11) is 0. The van der Waals surface area contributed by atoms with Gasteiger partial charge in [0.25, 0.3) is 0 Å². The van der Waals surface area contributed by atoms with Crippen molar-refractivity contribution in [3.8, 4) is 0 Å². The van der Waals surface area contributed by atoms with E-state index in [9.17, 15) is 0 Å². The van der Waals surface area contributed by atoms with Gasteiger partial charge in [-0.3, -0.25) is 0 Å². The van der Waals surface area contributed by atoms with Crippen molar-refractivity contribution >= 4 is 0 Å². The molecule has 0 aromatic heterocycles. The molecular formula is C24H45O2. The third-order valence-corrected chi connectivity index (χ3v) is 6.40. The lowest BCUT2D eigenvalue weighted by molar-refractivity contribution is -0.246. The molecule has 3 unspecified atom stereocenters. The summed E-state index contributed by atoms with van der Waals surface area (Å²) in [6, 6.07) is 0. The van der Waals surface area contributed by atoms with Crippen LogP contribution < -0.4 is 0 Å². The first kappa shape index (κ1) is 22.2. The zero-order chi connectivity index (χ0) is 18.7. The Hall–Kier alpha value is -0.0800. The molecule has 2 saturated heterocycles. The van der Waals surface area contributed by atoms with Crippen LogP contribution in [0.3, 0.4) is 0 Å². The molecule has 2 heterocycles. The van der Waals surface area contributed by atoms with Gasteiger partial charge in [0.2, 0.25) is 0 Å². The van der Waals surface area contributed by atoms with Gasteiger partial charge in [-0.15, -0.1) is 0 Å². The van der Waals surface area contributed by atoms with E-state index in [1.165, 1.54) is 96.3 Å². The minimum absolute atomic E-state index is 0.135. The second-order valence-electron chi connectivity index (χ2n) is 9.23. The molecule has 153 valence electrons. The van der Waals surface area contributed by atoms with E-state index in [0.717, 1.165) is 12.5 Å². The van der Waals surface area contributed by atoms with Crippen molar-refractivity contribution in [3.63, 3.8) is 0 Å². The number of rotatable bonds is 17. The second-order valence-corrected chi connectivity index (χ2v) is 9.23. The first-order valence-corrected chi connectivity index (χ1v) is 11.8. The quantitative estimate of drug-likeness (QED) is 0.200. The fourth-order valence-electron chi connectivity index (χ4n) is 4.57. The van der Waals surface area contributed by atoms with E-state index in [1.807, 2.05) is 0 Å². The van der Waals surface area contributed by atoms with E-state index in [4.69, 9.17) is 9.47 Å². The highest BCUT2D eigenvalue weighted by molar-refractivity contribution is 4.95. The lowest BCUT2D eigenvalue weighted by Crippen LogP contribution is -2.56. The lowest BCUT2D eigenvalue weighted by atomic mass is 9.74. The number of ether oxygens (including phenoxy) is 2. The van der Waals surface area contributed by atoms with Crippen molar-refractivity contribution in [1.29, 1.82) is 0 Å². The molecule has 0 spiro atoms. The summed E-state index contributed by atoms with van der Waals surface area (Å²) in [6.45, 7) is 7.87. The molecule has 3 atom stereocenters. The van der Waals surface area contributed by atoms with Crippen LogP contribution in [0.15, 0.2) is 0 Å². The Morgan fingerprint density at radius 1 is 0.808 bits per heavy atom. The summed E-state index contributed by atoms with van der Waals surface area (Å²) in [5.74, 6) is 0.800. The Morgan fingerprint density at radius 3 is 2.00 bits per heavy atom. The predicted molar refractivity (Wildman–Crippen MR) is 111 cm³/mol. The van der Waals surface area contributed by atoms with Gasteiger partial charge in [0.15, 0.2) is 0 Å². The molecule has 2 aliphatic heterocycles. The Labute approximate surface area is 163 Å². The predicted octanol–water partition coefficient (Wildman–Crippen LogP) is 7.25. The average Bonchev–Trinajstić information content (AvgIpc) is 3.42. The van der Waals surface area contributed by atoms with Gasteiger partial charge < -0.3 is 9.47 Å². The molecule has 2 aliphatic rings. The number of unbranched alkanes of at least 4 members (excludes halogenated alkanes) is 11. The van der Waals surface area contributed by atoms with Gasteiger partial charge in [-0.05, 0) is 39.5 Å². The van der Waals surface area contributed by atoms with Crippen molar-refractivity contribution in [2.75, 3.05) is 6.61 Å². The topological polar surface area (TPSA) is 21.8 Å². The van der Waals surface area contributed by atoms with Gasteiger partial charge >= 0.3 is 0 Å². The second kappa shape index (κ2) is 12.4. The normalized spacial score (nSPS) is 26.7. The largest absolute Gasteiger partial charge is 0.373 e. The molecule has 1 radical (unpaired) electrons. The maximum absolute atomic E-state index is 6.21. The Morgan fingerprint density at radius 2 is 1.38 bits per heavy atom. The smallest absolute Gasteiger partial charge is 0.0841 e. The van der Waals surface area contributed by atoms with Crippen LogP contribution in [0.4, 0.5) is 0 Å². The zero-order valence-corrected chi connectivity index (χ0v) is 17.9. The molecule has 0 aromatic carbocycles. The van der Waals surface area contributed by atoms with Crippen molar-refractivity contribution < 1.29 is 9.47 Å². The van der Waals surface area contributed by atoms with Crippen molar-refractivity contribution in [3.05, 3.63) is 6.42 Å². The first-order valence-electron chi connectivity index (χ1n) is 11.8. The number of hydrogen-bond donors (Lipinski definition) is 0. The minimum Gasteiger partial charge on any atom is -0.373 e. The van der Waals surface area contributed by atoms with E-state index in [0.29, 0.717) is 12.2 Å². The fourth-order valence-corrected chi connectivity index (χ4v) is 4.57. The van der Waals surface area contributed by atoms with E-state index in [-0.39, 0.29) is 5.60 Å². The van der Waals surface area contributed by atoms with Crippen molar-refractivity contribution in [2.24, 2.45) is 5.92 Å². The fraction of sp³-hybridized carbons (Fsp3) is 0.958. The van der Waals surface area contributed by atoms with E-state index in [1.54, 1.807) is 0 Å². The summed E-state index contributed by atoms with van der Waals surface area (Å²) in [6.07, 6.45) is 24.0. The third-order valence-electron chi connectivity index (χ3n) is 6.40. The summed E-state index contributed by atoms with van der Waals surface area (Å²) in [4.78, 5) is 0. The van der Waals surface area contributed by atoms with Crippen LogP contribution in [-0.4, -0.2) is 24.4 Å². The lowest BCUT2D eigenvalue weighted by Gasteiger charge is -2.52. The van der Waals surface area contributed by atoms with Crippen LogP contribution in [0.5, 0.6) is 0 Å². The monoisotopic (exact) mass is 365 g/mol. The van der Waals surface area contributed by atoms with Crippen LogP contribution in [0, 0.1) is 12.3 Å². The van der Waals surface area contributed by atoms with Gasteiger partial charge in [-0.2, -0.15) is 0 Å². The zero-order valence-electron chi connectivity index (χ0n) is 17.9. The van der Waals surface area contributed by atoms with Crippen molar-refractivity contribution in [2.45, 2.75) is 135 Å². The molecule has 2 fully saturated rings. The van der Waals surface area contributed by atoms with Gasteiger partial charge in [0.05, 0.1) is 24.4 Å². The maximum Gasteiger partial charge on any atom is 0.0841 e. The highest BCUT2D eigenvalue weighted by Gasteiger charge is 2.47. The van der Waals surface area contributed by atoms with E-state index in [2.05, 4.69) is 27.2 Å². The third kappa shape index (κ3) is 8.74. The molecule has 0 amide bonds. The number of hydrogen-bond acceptors (Lipinski definition) is 2. The van der Waals surface area contributed by atoms with Crippen LogP contribution in [0.25, 0.3) is 0 Å². The minimum atomic E-state index is 0.135. The SMILES string of the molecule is CCCCCCCCC1C(CCCCCCCC[CH]C2CO2)OC1(C)C. The molecule has 2 heteroatoms. The molecule has 2 nitrogen and oxygen atoms in total. The molecule has 0 N–H and O–H groups in total. The molecule has 0 aromatic rings. The molecule has 0 saturated carbocycles. The van der Waals surface area contributed by atoms with Crippen molar-refractivity contribution in [1.82, 2.24) is 0 Å². The number of epoxide rings is 1. The first-order chi connectivity index (χ1) is 12.6. The Bertz CT molecular complexity index is 348. The summed E-state index contributed by atoms with van der Waals surface area (Å²) in [5, 5.41) is 0. The molecule has 0 bridgehead atoms. The molecule has 2 rings (SSSR count). The highest BCUT2D eigenvalue weighted by atomic mass is 16.6. The van der Waals surface area contributed by atoms with Crippen LogP contribution in [0.2, 0.25) is 0 Å². The summed E-state index contributed by atoms with van der Waals surface area (Å²) in [5.41, 5.74) is 0.135. The summed E-state index contributed by atoms with van der Waals surface area (Å²) >= 11 is 0. The standard InChI is InChI=1S/C24H45O2/c1-4-5-6-7-12-15-18-22-23(26-24(22,2)3)19-16-13-10-8-9-11-14-17-21-20-25-21/h17,21-23H,4-16,18-20H2,1-3H3.